The van der Waals surface area contributed by atoms with Gasteiger partial charge < -0.3 is 10.6 Å². The molecule has 20 heavy (non-hydrogen) atoms. The van der Waals surface area contributed by atoms with Gasteiger partial charge in [-0.25, -0.2) is 4.39 Å². The molecule has 2 aromatic rings. The summed E-state index contributed by atoms with van der Waals surface area (Å²) in [7, 11) is 0. The third-order valence-electron chi connectivity index (χ3n) is 3.43. The summed E-state index contributed by atoms with van der Waals surface area (Å²) < 4.78 is 13.7. The average molecular weight is 274 g/mol. The van der Waals surface area contributed by atoms with Gasteiger partial charge >= 0.3 is 0 Å². The van der Waals surface area contributed by atoms with Crippen LogP contribution in [-0.4, -0.2) is 18.6 Å². The van der Waals surface area contributed by atoms with Gasteiger partial charge in [0.15, 0.2) is 0 Å². The Morgan fingerprint density at radius 1 is 0.950 bits per heavy atom. The van der Waals surface area contributed by atoms with E-state index < -0.39 is 0 Å². The first kappa shape index (κ1) is 14.9. The Labute approximate surface area is 120 Å². The molecule has 0 aromatic heterocycles. The Balaban J connectivity index is 2.05. The Hall–Kier alpha value is -1.45. The lowest BCUT2D eigenvalue weighted by Gasteiger charge is -2.17. The summed E-state index contributed by atoms with van der Waals surface area (Å²) in [6, 6.07) is 11.9. The van der Waals surface area contributed by atoms with Crippen LogP contribution in [0.5, 0.6) is 0 Å². The number of benzene rings is 2. The standard InChI is InChI=1S/C17H23FN2/c1-12(2)19-10-13(3)20-11-14-8-9-17(18)16-7-5-4-6-15(14)16/h4-9,12-13,19-20H,10-11H2,1-3H3. The highest BCUT2D eigenvalue weighted by Crippen LogP contribution is 2.21. The summed E-state index contributed by atoms with van der Waals surface area (Å²) in [6.45, 7) is 8.11. The number of nitrogens with one attached hydrogen (secondary N) is 2. The van der Waals surface area contributed by atoms with Crippen molar-refractivity contribution in [2.24, 2.45) is 0 Å². The summed E-state index contributed by atoms with van der Waals surface area (Å²) in [6.07, 6.45) is 0. The molecule has 0 aliphatic carbocycles. The highest BCUT2D eigenvalue weighted by Gasteiger charge is 2.07. The maximum Gasteiger partial charge on any atom is 0.131 e. The normalized spacial score (nSPS) is 13.1. The largest absolute Gasteiger partial charge is 0.313 e. The number of hydrogen-bond acceptors (Lipinski definition) is 2. The summed E-state index contributed by atoms with van der Waals surface area (Å²) in [4.78, 5) is 0. The van der Waals surface area contributed by atoms with Crippen molar-refractivity contribution in [3.8, 4) is 0 Å². The van der Waals surface area contributed by atoms with Crippen molar-refractivity contribution < 1.29 is 4.39 Å². The quantitative estimate of drug-likeness (QED) is 0.843. The minimum atomic E-state index is -0.154. The first-order chi connectivity index (χ1) is 9.58. The van der Waals surface area contributed by atoms with Gasteiger partial charge in [0, 0.05) is 30.6 Å². The summed E-state index contributed by atoms with van der Waals surface area (Å²) in [5.74, 6) is -0.154. The zero-order valence-corrected chi connectivity index (χ0v) is 12.4. The molecule has 0 aliphatic rings. The van der Waals surface area contributed by atoms with E-state index in [1.54, 1.807) is 6.07 Å². The van der Waals surface area contributed by atoms with Crippen LogP contribution in [0.1, 0.15) is 26.3 Å². The first-order valence-electron chi connectivity index (χ1n) is 7.21. The molecule has 0 aliphatic heterocycles. The zero-order chi connectivity index (χ0) is 14.5. The molecule has 2 rings (SSSR count). The van der Waals surface area contributed by atoms with Crippen LogP contribution < -0.4 is 10.6 Å². The molecule has 2 nitrogen and oxygen atoms in total. The molecule has 1 unspecified atom stereocenters. The van der Waals surface area contributed by atoms with Crippen molar-refractivity contribution in [2.45, 2.75) is 39.4 Å². The van der Waals surface area contributed by atoms with Crippen molar-refractivity contribution in [3.63, 3.8) is 0 Å². The van der Waals surface area contributed by atoms with E-state index in [9.17, 15) is 4.39 Å². The average Bonchev–Trinajstić information content (AvgIpc) is 2.45. The van der Waals surface area contributed by atoms with E-state index in [-0.39, 0.29) is 5.82 Å². The van der Waals surface area contributed by atoms with Gasteiger partial charge in [0.05, 0.1) is 0 Å². The van der Waals surface area contributed by atoms with Crippen LogP contribution in [0.2, 0.25) is 0 Å². The monoisotopic (exact) mass is 274 g/mol. The highest BCUT2D eigenvalue weighted by atomic mass is 19.1. The predicted molar refractivity (Wildman–Crippen MR) is 83.3 cm³/mol. The van der Waals surface area contributed by atoms with Crippen LogP contribution in [0.15, 0.2) is 36.4 Å². The molecular weight excluding hydrogens is 251 g/mol. The number of hydrogen-bond donors (Lipinski definition) is 2. The van der Waals surface area contributed by atoms with Crippen molar-refractivity contribution in [1.29, 1.82) is 0 Å². The van der Waals surface area contributed by atoms with Gasteiger partial charge in [-0.2, -0.15) is 0 Å². The highest BCUT2D eigenvalue weighted by molar-refractivity contribution is 5.86. The summed E-state index contributed by atoms with van der Waals surface area (Å²) >= 11 is 0. The van der Waals surface area contributed by atoms with Crippen molar-refractivity contribution in [3.05, 3.63) is 47.8 Å². The van der Waals surface area contributed by atoms with E-state index in [2.05, 4.69) is 31.4 Å². The summed E-state index contributed by atoms with van der Waals surface area (Å²) in [5.41, 5.74) is 1.14. The van der Waals surface area contributed by atoms with Gasteiger partial charge in [-0.05, 0) is 23.9 Å². The molecule has 108 valence electrons. The molecule has 2 aromatic carbocycles. The third-order valence-corrected chi connectivity index (χ3v) is 3.43. The molecule has 0 fully saturated rings. The van der Waals surface area contributed by atoms with E-state index >= 15 is 0 Å². The lowest BCUT2D eigenvalue weighted by Crippen LogP contribution is -2.38. The van der Waals surface area contributed by atoms with Crippen molar-refractivity contribution in [1.82, 2.24) is 10.6 Å². The number of fused-ring (bicyclic) bond motifs is 1. The molecule has 2 N–H and O–H groups in total. The maximum absolute atomic E-state index is 13.7. The minimum Gasteiger partial charge on any atom is -0.313 e. The topological polar surface area (TPSA) is 24.1 Å². The van der Waals surface area contributed by atoms with Crippen LogP contribution in [0, 0.1) is 5.82 Å². The lowest BCUT2D eigenvalue weighted by molar-refractivity contribution is 0.474. The minimum absolute atomic E-state index is 0.154. The molecule has 1 atom stereocenters. The van der Waals surface area contributed by atoms with Crippen LogP contribution >= 0.6 is 0 Å². The Morgan fingerprint density at radius 2 is 1.65 bits per heavy atom. The fourth-order valence-electron chi connectivity index (χ4n) is 2.25. The number of rotatable bonds is 6. The summed E-state index contributed by atoms with van der Waals surface area (Å²) in [5, 5.41) is 8.57. The Morgan fingerprint density at radius 3 is 2.35 bits per heavy atom. The molecular formula is C17H23FN2. The van der Waals surface area contributed by atoms with Crippen molar-refractivity contribution in [2.75, 3.05) is 6.54 Å². The fraction of sp³-hybridized carbons (Fsp3) is 0.412. The smallest absolute Gasteiger partial charge is 0.131 e. The molecule has 0 saturated heterocycles. The second-order valence-corrected chi connectivity index (χ2v) is 5.60. The van der Waals surface area contributed by atoms with Crippen molar-refractivity contribution >= 4 is 10.8 Å². The van der Waals surface area contributed by atoms with Gasteiger partial charge in [0.25, 0.3) is 0 Å². The Bertz CT molecular complexity index is 566. The van der Waals surface area contributed by atoms with E-state index in [4.69, 9.17) is 0 Å². The van der Waals surface area contributed by atoms with Gasteiger partial charge in [-0.15, -0.1) is 0 Å². The van der Waals surface area contributed by atoms with Gasteiger partial charge in [-0.3, -0.25) is 0 Å². The third kappa shape index (κ3) is 3.78. The second-order valence-electron chi connectivity index (χ2n) is 5.60. The zero-order valence-electron chi connectivity index (χ0n) is 12.4. The van der Waals surface area contributed by atoms with E-state index in [1.165, 1.54) is 0 Å². The second kappa shape index (κ2) is 6.82. The van der Waals surface area contributed by atoms with E-state index in [1.807, 2.05) is 30.3 Å². The van der Waals surface area contributed by atoms with E-state index in [0.29, 0.717) is 17.5 Å². The molecule has 0 spiro atoms. The molecule has 3 heteroatoms. The molecule has 0 heterocycles. The maximum atomic E-state index is 13.7. The van der Waals surface area contributed by atoms with Crippen LogP contribution in [0.25, 0.3) is 10.8 Å². The molecule has 0 bridgehead atoms. The number of halogens is 1. The fourth-order valence-corrected chi connectivity index (χ4v) is 2.25. The SMILES string of the molecule is CC(C)NCC(C)NCc1ccc(F)c2ccccc12. The molecule has 0 saturated carbocycles. The predicted octanol–water partition coefficient (Wildman–Crippen LogP) is 3.46. The Kier molecular flexibility index (Phi) is 5.10. The first-order valence-corrected chi connectivity index (χ1v) is 7.21. The molecule has 0 radical (unpaired) electrons. The van der Waals surface area contributed by atoms with Crippen LogP contribution in [0.3, 0.4) is 0 Å². The van der Waals surface area contributed by atoms with E-state index in [0.717, 1.165) is 24.0 Å². The molecule has 0 amide bonds. The van der Waals surface area contributed by atoms with Gasteiger partial charge in [0.1, 0.15) is 5.82 Å². The van der Waals surface area contributed by atoms with Gasteiger partial charge in [0.2, 0.25) is 0 Å². The van der Waals surface area contributed by atoms with Crippen LogP contribution in [-0.2, 0) is 6.54 Å². The van der Waals surface area contributed by atoms with Crippen LogP contribution in [0.4, 0.5) is 4.39 Å². The van der Waals surface area contributed by atoms with Gasteiger partial charge in [-0.1, -0.05) is 44.2 Å². The lowest BCUT2D eigenvalue weighted by atomic mass is 10.0.